The molecule has 2 aliphatic rings. The topological polar surface area (TPSA) is 71.1 Å². The Morgan fingerprint density at radius 3 is 2.84 bits per heavy atom. The quantitative estimate of drug-likeness (QED) is 0.274. The van der Waals surface area contributed by atoms with Crippen LogP contribution in [0.15, 0.2) is 64.8 Å². The number of carbonyl (C=O) groups excluding carboxylic acids is 2. The average Bonchev–Trinajstić information content (AvgIpc) is 3.08. The van der Waals surface area contributed by atoms with E-state index in [1.54, 1.807) is 42.5 Å². The van der Waals surface area contributed by atoms with Crippen molar-refractivity contribution in [1.82, 2.24) is 0 Å². The van der Waals surface area contributed by atoms with Crippen LogP contribution in [-0.2, 0) is 11.3 Å². The van der Waals surface area contributed by atoms with Gasteiger partial charge in [-0.1, -0.05) is 33.6 Å². The molecule has 0 aromatic heterocycles. The van der Waals surface area contributed by atoms with E-state index in [1.807, 2.05) is 25.1 Å². The van der Waals surface area contributed by atoms with E-state index in [-0.39, 0.29) is 18.3 Å². The Balaban J connectivity index is 1.41. The lowest BCUT2D eigenvalue weighted by atomic mass is 10.1. The molecule has 0 atom stereocenters. The molecule has 3 aromatic rings. The van der Waals surface area contributed by atoms with Crippen LogP contribution >= 0.6 is 15.9 Å². The van der Waals surface area contributed by atoms with Crippen LogP contribution in [0.3, 0.4) is 0 Å². The van der Waals surface area contributed by atoms with Crippen LogP contribution in [-0.4, -0.2) is 18.5 Å². The van der Waals surface area contributed by atoms with Gasteiger partial charge in [-0.3, -0.25) is 4.79 Å². The van der Waals surface area contributed by atoms with Gasteiger partial charge in [-0.15, -0.1) is 0 Å². The van der Waals surface area contributed by atoms with Crippen LogP contribution < -0.4 is 14.2 Å². The van der Waals surface area contributed by atoms with Crippen molar-refractivity contribution in [2.24, 2.45) is 0 Å². The predicted octanol–water partition coefficient (Wildman–Crippen LogP) is 5.46. The normalized spacial score (nSPS) is 15.6. The summed E-state index contributed by atoms with van der Waals surface area (Å²) in [6, 6.07) is 15.6. The standard InChI is InChI=1S/C25H17BrO6/c1-14-3-2-4-15(7-14)25(28)31-19-5-6-20-21(11-19)32-22(23(20)27)10-16-8-18(26)9-17-12-29-13-30-24(16)17/h2-11H,12-13H2,1H3/b22-10-. The molecule has 0 bridgehead atoms. The van der Waals surface area contributed by atoms with Crippen molar-refractivity contribution in [3.05, 3.63) is 92.6 Å². The number of fused-ring (bicyclic) bond motifs is 2. The van der Waals surface area contributed by atoms with E-state index < -0.39 is 5.97 Å². The van der Waals surface area contributed by atoms with Crippen LogP contribution in [0.2, 0.25) is 0 Å². The van der Waals surface area contributed by atoms with Crippen LogP contribution in [0.25, 0.3) is 6.08 Å². The molecule has 7 heteroatoms. The molecule has 160 valence electrons. The van der Waals surface area contributed by atoms with Crippen molar-refractivity contribution in [3.8, 4) is 17.2 Å². The number of benzene rings is 3. The highest BCUT2D eigenvalue weighted by Crippen LogP contribution is 2.38. The highest BCUT2D eigenvalue weighted by molar-refractivity contribution is 9.10. The first-order chi connectivity index (χ1) is 15.5. The van der Waals surface area contributed by atoms with Crippen molar-refractivity contribution in [1.29, 1.82) is 0 Å². The van der Waals surface area contributed by atoms with Gasteiger partial charge in [0.15, 0.2) is 12.6 Å². The third kappa shape index (κ3) is 3.92. The maximum absolute atomic E-state index is 12.9. The maximum atomic E-state index is 12.9. The van der Waals surface area contributed by atoms with Gasteiger partial charge in [0.05, 0.1) is 17.7 Å². The molecule has 2 heterocycles. The highest BCUT2D eigenvalue weighted by atomic mass is 79.9. The summed E-state index contributed by atoms with van der Waals surface area (Å²) in [7, 11) is 0. The number of ether oxygens (including phenoxy) is 4. The summed E-state index contributed by atoms with van der Waals surface area (Å²) in [6.45, 7) is 2.48. The minimum Gasteiger partial charge on any atom is -0.467 e. The largest absolute Gasteiger partial charge is 0.467 e. The molecule has 0 unspecified atom stereocenters. The van der Waals surface area contributed by atoms with Gasteiger partial charge in [-0.05, 0) is 49.4 Å². The van der Waals surface area contributed by atoms with E-state index in [2.05, 4.69) is 15.9 Å². The van der Waals surface area contributed by atoms with Gasteiger partial charge >= 0.3 is 5.97 Å². The van der Waals surface area contributed by atoms with Crippen LogP contribution in [0.4, 0.5) is 0 Å². The van der Waals surface area contributed by atoms with Gasteiger partial charge in [0, 0.05) is 21.7 Å². The molecule has 6 nitrogen and oxygen atoms in total. The molecule has 0 fully saturated rings. The molecule has 0 saturated carbocycles. The molecule has 5 rings (SSSR count). The van der Waals surface area contributed by atoms with Crippen LogP contribution in [0.5, 0.6) is 17.2 Å². The molecule has 0 aliphatic carbocycles. The number of carbonyl (C=O) groups is 2. The van der Waals surface area contributed by atoms with E-state index >= 15 is 0 Å². The summed E-state index contributed by atoms with van der Waals surface area (Å²) >= 11 is 3.48. The summed E-state index contributed by atoms with van der Waals surface area (Å²) in [5.74, 6) is 0.726. The van der Waals surface area contributed by atoms with Gasteiger partial charge in [0.1, 0.15) is 17.2 Å². The molecule has 0 N–H and O–H groups in total. The number of aryl methyl sites for hydroxylation is 1. The Morgan fingerprint density at radius 2 is 2.00 bits per heavy atom. The summed E-state index contributed by atoms with van der Waals surface area (Å²) in [4.78, 5) is 25.3. The number of halogens is 1. The lowest BCUT2D eigenvalue weighted by Crippen LogP contribution is -2.12. The summed E-state index contributed by atoms with van der Waals surface area (Å²) in [5, 5.41) is 0. The van der Waals surface area contributed by atoms with Gasteiger partial charge in [-0.25, -0.2) is 4.79 Å². The first-order valence-electron chi connectivity index (χ1n) is 9.88. The Kier molecular flexibility index (Phi) is 5.28. The third-order valence-electron chi connectivity index (χ3n) is 5.10. The SMILES string of the molecule is Cc1cccc(C(=O)Oc2ccc3c(c2)O/C(=C\c2cc(Br)cc4c2OCOC4)C3=O)c1. The minimum atomic E-state index is -0.478. The summed E-state index contributed by atoms with van der Waals surface area (Å²) in [6.07, 6.45) is 1.65. The summed E-state index contributed by atoms with van der Waals surface area (Å²) in [5.41, 5.74) is 3.40. The van der Waals surface area contributed by atoms with E-state index in [1.165, 1.54) is 0 Å². The fourth-order valence-electron chi connectivity index (χ4n) is 3.63. The Bertz CT molecular complexity index is 1290. The van der Waals surface area contributed by atoms with Crippen LogP contribution in [0.1, 0.15) is 37.4 Å². The summed E-state index contributed by atoms with van der Waals surface area (Å²) < 4.78 is 23.1. The third-order valence-corrected chi connectivity index (χ3v) is 5.55. The molecular formula is C25H17BrO6. The zero-order valence-corrected chi connectivity index (χ0v) is 18.6. The predicted molar refractivity (Wildman–Crippen MR) is 120 cm³/mol. The number of hydrogen-bond acceptors (Lipinski definition) is 6. The number of Topliss-reactive ketones (excluding diaryl/α,β-unsaturated/α-hetero) is 1. The Labute approximate surface area is 192 Å². The first-order valence-corrected chi connectivity index (χ1v) is 10.7. The van der Waals surface area contributed by atoms with E-state index in [9.17, 15) is 9.59 Å². The number of hydrogen-bond donors (Lipinski definition) is 0. The molecule has 0 spiro atoms. The molecular weight excluding hydrogens is 476 g/mol. The van der Waals surface area contributed by atoms with Crippen molar-refractivity contribution in [3.63, 3.8) is 0 Å². The second-order valence-corrected chi connectivity index (χ2v) is 8.37. The van der Waals surface area contributed by atoms with Crippen LogP contribution in [0, 0.1) is 6.92 Å². The molecule has 0 saturated heterocycles. The van der Waals surface area contributed by atoms with Crippen molar-refractivity contribution in [2.45, 2.75) is 13.5 Å². The average molecular weight is 493 g/mol. The fraction of sp³-hybridized carbons (Fsp3) is 0.120. The van der Waals surface area contributed by atoms with Crippen molar-refractivity contribution < 1.29 is 28.5 Å². The van der Waals surface area contributed by atoms with E-state index in [4.69, 9.17) is 18.9 Å². The molecule has 32 heavy (non-hydrogen) atoms. The fourth-order valence-corrected chi connectivity index (χ4v) is 4.15. The second kappa shape index (κ2) is 8.26. The second-order valence-electron chi connectivity index (χ2n) is 7.45. The molecule has 0 radical (unpaired) electrons. The monoisotopic (exact) mass is 492 g/mol. The lowest BCUT2D eigenvalue weighted by molar-refractivity contribution is -0.0165. The van der Waals surface area contributed by atoms with Gasteiger partial charge < -0.3 is 18.9 Å². The first kappa shape index (κ1) is 20.5. The number of ketones is 1. The number of rotatable bonds is 3. The van der Waals surface area contributed by atoms with Crippen molar-refractivity contribution in [2.75, 3.05) is 6.79 Å². The zero-order chi connectivity index (χ0) is 22.2. The highest BCUT2D eigenvalue weighted by Gasteiger charge is 2.29. The molecule has 0 amide bonds. The van der Waals surface area contributed by atoms with Gasteiger partial charge in [0.2, 0.25) is 5.78 Å². The zero-order valence-electron chi connectivity index (χ0n) is 17.0. The van der Waals surface area contributed by atoms with Gasteiger partial charge in [-0.2, -0.15) is 0 Å². The van der Waals surface area contributed by atoms with E-state index in [0.717, 1.165) is 15.6 Å². The number of allylic oxidation sites excluding steroid dienone is 1. The molecule has 3 aromatic carbocycles. The van der Waals surface area contributed by atoms with E-state index in [0.29, 0.717) is 40.5 Å². The smallest absolute Gasteiger partial charge is 0.343 e. The Morgan fingerprint density at radius 1 is 1.12 bits per heavy atom. The maximum Gasteiger partial charge on any atom is 0.343 e. The Hall–Kier alpha value is -3.42. The minimum absolute atomic E-state index is 0.148. The molecule has 2 aliphatic heterocycles. The van der Waals surface area contributed by atoms with Crippen molar-refractivity contribution >= 4 is 33.8 Å². The van der Waals surface area contributed by atoms with Gasteiger partial charge in [0.25, 0.3) is 0 Å². The number of esters is 1. The lowest BCUT2D eigenvalue weighted by Gasteiger charge is -2.20.